The monoisotopic (exact) mass is 290 g/mol. The van der Waals surface area contributed by atoms with Crippen LogP contribution in [-0.4, -0.2) is 32.5 Å². The molecule has 1 unspecified atom stereocenters. The second-order valence-corrected chi connectivity index (χ2v) is 6.23. The van der Waals surface area contributed by atoms with Crippen LogP contribution in [0.5, 0.6) is 0 Å². The van der Waals surface area contributed by atoms with Crippen molar-refractivity contribution in [3.63, 3.8) is 0 Å². The van der Waals surface area contributed by atoms with Crippen LogP contribution in [-0.2, 0) is 14.9 Å². The minimum absolute atomic E-state index is 0.0796. The Morgan fingerprint density at radius 2 is 1.62 bits per heavy atom. The third-order valence-electron chi connectivity index (χ3n) is 5.25. The second-order valence-electron chi connectivity index (χ2n) is 6.23. The van der Waals surface area contributed by atoms with Crippen LogP contribution in [0.4, 0.5) is 0 Å². The van der Waals surface area contributed by atoms with Crippen LogP contribution in [0, 0.1) is 5.92 Å². The van der Waals surface area contributed by atoms with Gasteiger partial charge in [-0.05, 0) is 37.2 Å². The van der Waals surface area contributed by atoms with Crippen LogP contribution in [0.15, 0.2) is 30.3 Å². The van der Waals surface area contributed by atoms with E-state index in [9.17, 15) is 0 Å². The lowest BCUT2D eigenvalue weighted by Crippen LogP contribution is -2.58. The normalized spacial score (nSPS) is 24.6. The lowest BCUT2D eigenvalue weighted by atomic mass is 9.64. The SMILES string of the molecule is NNC(C1CCOCC1)C1(c2ccccc2)CCOCC1. The summed E-state index contributed by atoms with van der Waals surface area (Å²) in [6.45, 7) is 3.33. The van der Waals surface area contributed by atoms with Gasteiger partial charge in [0.05, 0.1) is 0 Å². The quantitative estimate of drug-likeness (QED) is 0.658. The molecule has 4 nitrogen and oxygen atoms in total. The molecule has 2 aliphatic rings. The molecule has 0 spiro atoms. The summed E-state index contributed by atoms with van der Waals surface area (Å²) in [4.78, 5) is 0. The smallest absolute Gasteiger partial charge is 0.0475 e. The Kier molecular flexibility index (Phi) is 4.91. The molecule has 3 N–H and O–H groups in total. The summed E-state index contributed by atoms with van der Waals surface area (Å²) in [5, 5.41) is 0. The average molecular weight is 290 g/mol. The predicted octanol–water partition coefficient (Wildman–Crippen LogP) is 1.99. The molecule has 4 heteroatoms. The molecule has 116 valence electrons. The Morgan fingerprint density at radius 3 is 2.24 bits per heavy atom. The zero-order valence-electron chi connectivity index (χ0n) is 12.6. The summed E-state index contributed by atoms with van der Waals surface area (Å²) in [6.07, 6.45) is 4.24. The van der Waals surface area contributed by atoms with E-state index < -0.39 is 0 Å². The number of hydrazine groups is 1. The molecule has 3 rings (SSSR count). The van der Waals surface area contributed by atoms with E-state index in [1.165, 1.54) is 5.56 Å². The van der Waals surface area contributed by atoms with Crippen molar-refractivity contribution in [3.8, 4) is 0 Å². The highest BCUT2D eigenvalue weighted by molar-refractivity contribution is 5.29. The van der Waals surface area contributed by atoms with Crippen molar-refractivity contribution >= 4 is 0 Å². The van der Waals surface area contributed by atoms with Gasteiger partial charge in [-0.15, -0.1) is 0 Å². The van der Waals surface area contributed by atoms with Crippen LogP contribution in [0.25, 0.3) is 0 Å². The van der Waals surface area contributed by atoms with Gasteiger partial charge in [-0.1, -0.05) is 30.3 Å². The maximum Gasteiger partial charge on any atom is 0.0475 e. The maximum atomic E-state index is 6.03. The molecule has 0 bridgehead atoms. The molecule has 2 fully saturated rings. The summed E-state index contributed by atoms with van der Waals surface area (Å²) in [6, 6.07) is 11.1. The van der Waals surface area contributed by atoms with E-state index in [1.807, 2.05) is 0 Å². The fraction of sp³-hybridized carbons (Fsp3) is 0.647. The first-order chi connectivity index (χ1) is 10.4. The van der Waals surface area contributed by atoms with Crippen LogP contribution < -0.4 is 11.3 Å². The number of nitrogens with two attached hydrogens (primary N) is 1. The van der Waals surface area contributed by atoms with Gasteiger partial charge >= 0.3 is 0 Å². The number of benzene rings is 1. The summed E-state index contributed by atoms with van der Waals surface area (Å²) in [5.41, 5.74) is 4.64. The summed E-state index contributed by atoms with van der Waals surface area (Å²) >= 11 is 0. The summed E-state index contributed by atoms with van der Waals surface area (Å²) in [5.74, 6) is 6.60. The minimum atomic E-state index is 0.0796. The van der Waals surface area contributed by atoms with Gasteiger partial charge in [0.25, 0.3) is 0 Å². The lowest BCUT2D eigenvalue weighted by Gasteiger charge is -2.47. The highest BCUT2D eigenvalue weighted by atomic mass is 16.5. The Balaban J connectivity index is 1.93. The first kappa shape index (κ1) is 15.0. The van der Waals surface area contributed by atoms with Crippen molar-refractivity contribution in [1.82, 2.24) is 5.43 Å². The van der Waals surface area contributed by atoms with Gasteiger partial charge in [-0.25, -0.2) is 0 Å². The van der Waals surface area contributed by atoms with Crippen LogP contribution in [0.3, 0.4) is 0 Å². The molecule has 2 saturated heterocycles. The highest BCUT2D eigenvalue weighted by Gasteiger charge is 2.45. The van der Waals surface area contributed by atoms with Crippen LogP contribution >= 0.6 is 0 Å². The number of ether oxygens (including phenoxy) is 2. The highest BCUT2D eigenvalue weighted by Crippen LogP contribution is 2.42. The van der Waals surface area contributed by atoms with Gasteiger partial charge in [0, 0.05) is 37.9 Å². The molecule has 0 radical (unpaired) electrons. The Bertz CT molecular complexity index is 426. The van der Waals surface area contributed by atoms with Crippen molar-refractivity contribution in [2.75, 3.05) is 26.4 Å². The van der Waals surface area contributed by atoms with Gasteiger partial charge < -0.3 is 9.47 Å². The predicted molar refractivity (Wildman–Crippen MR) is 82.8 cm³/mol. The first-order valence-electron chi connectivity index (χ1n) is 8.04. The topological polar surface area (TPSA) is 56.5 Å². The largest absolute Gasteiger partial charge is 0.381 e. The Labute approximate surface area is 127 Å². The van der Waals surface area contributed by atoms with Crippen LogP contribution in [0.2, 0.25) is 0 Å². The Hall–Kier alpha value is -0.940. The fourth-order valence-electron chi connectivity index (χ4n) is 4.08. The number of hydrogen-bond acceptors (Lipinski definition) is 4. The van der Waals surface area contributed by atoms with Gasteiger partial charge in [0.15, 0.2) is 0 Å². The molecule has 0 aromatic heterocycles. The molecular formula is C17H26N2O2. The van der Waals surface area contributed by atoms with Crippen molar-refractivity contribution in [2.24, 2.45) is 11.8 Å². The first-order valence-corrected chi connectivity index (χ1v) is 8.04. The van der Waals surface area contributed by atoms with Gasteiger partial charge in [0.2, 0.25) is 0 Å². The average Bonchev–Trinajstić information content (AvgIpc) is 2.58. The molecular weight excluding hydrogens is 264 g/mol. The molecule has 0 amide bonds. The molecule has 1 atom stereocenters. The van der Waals surface area contributed by atoms with E-state index in [0.717, 1.165) is 52.1 Å². The third kappa shape index (κ3) is 2.99. The van der Waals surface area contributed by atoms with Crippen molar-refractivity contribution < 1.29 is 9.47 Å². The maximum absolute atomic E-state index is 6.03. The van der Waals surface area contributed by atoms with Gasteiger partial charge in [0.1, 0.15) is 0 Å². The Morgan fingerprint density at radius 1 is 1.00 bits per heavy atom. The van der Waals surface area contributed by atoms with E-state index >= 15 is 0 Å². The zero-order chi connectivity index (χ0) is 14.5. The zero-order valence-corrected chi connectivity index (χ0v) is 12.6. The fourth-order valence-corrected chi connectivity index (χ4v) is 4.08. The number of nitrogens with one attached hydrogen (secondary N) is 1. The molecule has 0 saturated carbocycles. The van der Waals surface area contributed by atoms with E-state index in [1.54, 1.807) is 0 Å². The van der Waals surface area contributed by atoms with Gasteiger partial charge in [-0.3, -0.25) is 11.3 Å². The van der Waals surface area contributed by atoms with Crippen molar-refractivity contribution in [1.29, 1.82) is 0 Å². The summed E-state index contributed by atoms with van der Waals surface area (Å²) < 4.78 is 11.2. The molecule has 2 aliphatic heterocycles. The second kappa shape index (κ2) is 6.88. The van der Waals surface area contributed by atoms with E-state index in [4.69, 9.17) is 15.3 Å². The summed E-state index contributed by atoms with van der Waals surface area (Å²) in [7, 11) is 0. The van der Waals surface area contributed by atoms with Crippen molar-refractivity contribution in [3.05, 3.63) is 35.9 Å². The van der Waals surface area contributed by atoms with E-state index in [-0.39, 0.29) is 11.5 Å². The van der Waals surface area contributed by atoms with E-state index in [0.29, 0.717) is 5.92 Å². The lowest BCUT2D eigenvalue weighted by molar-refractivity contribution is -0.00214. The molecule has 1 aromatic rings. The molecule has 2 heterocycles. The molecule has 21 heavy (non-hydrogen) atoms. The standard InChI is InChI=1S/C17H26N2O2/c18-19-16(14-6-10-20-11-7-14)17(8-12-21-13-9-17)15-4-2-1-3-5-15/h1-5,14,16,19H,6-13,18H2. The molecule has 1 aromatic carbocycles. The molecule has 0 aliphatic carbocycles. The number of rotatable bonds is 4. The minimum Gasteiger partial charge on any atom is -0.381 e. The number of hydrogen-bond donors (Lipinski definition) is 2. The third-order valence-corrected chi connectivity index (χ3v) is 5.25. The van der Waals surface area contributed by atoms with Crippen molar-refractivity contribution in [2.45, 2.75) is 37.1 Å². The van der Waals surface area contributed by atoms with E-state index in [2.05, 4.69) is 35.8 Å². The van der Waals surface area contributed by atoms with Gasteiger partial charge in [-0.2, -0.15) is 0 Å². The van der Waals surface area contributed by atoms with Crippen LogP contribution in [0.1, 0.15) is 31.2 Å².